The van der Waals surface area contributed by atoms with Gasteiger partial charge in [0.05, 0.1) is 4.92 Å². The zero-order valence-electron chi connectivity index (χ0n) is 9.76. The molecule has 3 rings (SSSR count). The van der Waals surface area contributed by atoms with Crippen LogP contribution in [0.1, 0.15) is 0 Å². The molecule has 0 bridgehead atoms. The fraction of sp³-hybridized carbons (Fsp3) is 0. The maximum absolute atomic E-state index is 13.7. The highest BCUT2D eigenvalue weighted by molar-refractivity contribution is 5.87. The number of halogens is 1. The van der Waals surface area contributed by atoms with Crippen molar-refractivity contribution in [2.75, 3.05) is 0 Å². The molecule has 4 nitrogen and oxygen atoms in total. The molecule has 3 aromatic rings. The maximum atomic E-state index is 13.7. The minimum Gasteiger partial charge on any atom is -0.354 e. The molecular weight excluding hydrogens is 247 g/mol. The lowest BCUT2D eigenvalue weighted by Crippen LogP contribution is -1.86. The first-order valence-electron chi connectivity index (χ1n) is 5.67. The Kier molecular flexibility index (Phi) is 2.52. The Hall–Kier alpha value is -2.69. The summed E-state index contributed by atoms with van der Waals surface area (Å²) in [5, 5.41) is 11.4. The summed E-state index contributed by atoms with van der Waals surface area (Å²) in [6.07, 6.45) is 0. The molecule has 0 spiro atoms. The van der Waals surface area contributed by atoms with E-state index in [-0.39, 0.29) is 11.5 Å². The van der Waals surface area contributed by atoms with Crippen LogP contribution in [0.5, 0.6) is 0 Å². The molecular formula is C14H9FN2O2. The van der Waals surface area contributed by atoms with Crippen molar-refractivity contribution >= 4 is 16.6 Å². The molecule has 0 aliphatic heterocycles. The van der Waals surface area contributed by atoms with E-state index in [0.29, 0.717) is 16.6 Å². The van der Waals surface area contributed by atoms with Gasteiger partial charge in [-0.2, -0.15) is 0 Å². The van der Waals surface area contributed by atoms with Gasteiger partial charge in [-0.3, -0.25) is 10.1 Å². The number of nitro benzene ring substituents is 1. The molecule has 94 valence electrons. The van der Waals surface area contributed by atoms with Crippen molar-refractivity contribution in [3.63, 3.8) is 0 Å². The number of non-ortho nitro benzene ring substituents is 1. The zero-order chi connectivity index (χ0) is 13.4. The summed E-state index contributed by atoms with van der Waals surface area (Å²) in [6.45, 7) is 0. The van der Waals surface area contributed by atoms with E-state index in [1.54, 1.807) is 30.3 Å². The van der Waals surface area contributed by atoms with Gasteiger partial charge in [0.2, 0.25) is 0 Å². The Balaban J connectivity index is 2.17. The lowest BCUT2D eigenvalue weighted by molar-refractivity contribution is -0.384. The molecule has 0 atom stereocenters. The van der Waals surface area contributed by atoms with E-state index < -0.39 is 4.92 Å². The number of nitrogens with zero attached hydrogens (tertiary/aromatic N) is 1. The van der Waals surface area contributed by atoms with E-state index >= 15 is 0 Å². The average Bonchev–Trinajstić information content (AvgIpc) is 2.81. The number of aromatic amines is 1. The average molecular weight is 256 g/mol. The smallest absolute Gasteiger partial charge is 0.270 e. The first kappa shape index (κ1) is 11.4. The summed E-state index contributed by atoms with van der Waals surface area (Å²) in [4.78, 5) is 13.3. The van der Waals surface area contributed by atoms with Crippen LogP contribution in [0.2, 0.25) is 0 Å². The molecule has 19 heavy (non-hydrogen) atoms. The Morgan fingerprint density at radius 3 is 2.63 bits per heavy atom. The Labute approximate surface area is 107 Å². The van der Waals surface area contributed by atoms with Gasteiger partial charge in [-0.1, -0.05) is 12.1 Å². The first-order chi connectivity index (χ1) is 9.15. The number of hydrogen-bond acceptors (Lipinski definition) is 2. The molecule has 0 amide bonds. The van der Waals surface area contributed by atoms with E-state index in [1.807, 2.05) is 0 Å². The van der Waals surface area contributed by atoms with E-state index in [0.717, 1.165) is 5.52 Å². The number of nitrogens with one attached hydrogen (secondary N) is 1. The Bertz CT molecular complexity index is 780. The van der Waals surface area contributed by atoms with Gasteiger partial charge < -0.3 is 4.98 Å². The van der Waals surface area contributed by atoms with Crippen LogP contribution < -0.4 is 0 Å². The van der Waals surface area contributed by atoms with Crippen LogP contribution in [-0.2, 0) is 0 Å². The van der Waals surface area contributed by atoms with Gasteiger partial charge in [0.25, 0.3) is 5.69 Å². The number of hydrogen-bond donors (Lipinski definition) is 1. The van der Waals surface area contributed by atoms with Crippen LogP contribution in [-0.4, -0.2) is 9.91 Å². The molecule has 0 saturated heterocycles. The van der Waals surface area contributed by atoms with Crippen LogP contribution in [0.25, 0.3) is 22.2 Å². The Morgan fingerprint density at radius 2 is 1.89 bits per heavy atom. The number of benzene rings is 2. The van der Waals surface area contributed by atoms with Crippen molar-refractivity contribution in [1.82, 2.24) is 4.98 Å². The van der Waals surface area contributed by atoms with Gasteiger partial charge in [-0.05, 0) is 24.3 Å². The second kappa shape index (κ2) is 4.20. The van der Waals surface area contributed by atoms with Crippen LogP contribution in [0.3, 0.4) is 0 Å². The van der Waals surface area contributed by atoms with E-state index in [1.165, 1.54) is 18.2 Å². The summed E-state index contributed by atoms with van der Waals surface area (Å²) < 4.78 is 13.7. The summed E-state index contributed by atoms with van der Waals surface area (Å²) in [5.41, 5.74) is 1.81. The predicted molar refractivity (Wildman–Crippen MR) is 70.3 cm³/mol. The molecule has 1 N–H and O–H groups in total. The molecule has 0 unspecified atom stereocenters. The van der Waals surface area contributed by atoms with Crippen molar-refractivity contribution in [1.29, 1.82) is 0 Å². The fourth-order valence-electron chi connectivity index (χ4n) is 2.06. The lowest BCUT2D eigenvalue weighted by atomic mass is 10.1. The van der Waals surface area contributed by atoms with Gasteiger partial charge in [0.1, 0.15) is 5.82 Å². The minimum absolute atomic E-state index is 0.0200. The molecule has 5 heteroatoms. The molecule has 0 saturated carbocycles. The zero-order valence-corrected chi connectivity index (χ0v) is 9.76. The monoisotopic (exact) mass is 256 g/mol. The summed E-state index contributed by atoms with van der Waals surface area (Å²) in [7, 11) is 0. The highest BCUT2D eigenvalue weighted by Gasteiger charge is 2.11. The largest absolute Gasteiger partial charge is 0.354 e. The van der Waals surface area contributed by atoms with Gasteiger partial charge in [0.15, 0.2) is 0 Å². The van der Waals surface area contributed by atoms with Crippen molar-refractivity contribution < 1.29 is 9.31 Å². The molecule has 0 radical (unpaired) electrons. The molecule has 2 aromatic carbocycles. The number of rotatable bonds is 2. The lowest BCUT2D eigenvalue weighted by Gasteiger charge is -1.98. The van der Waals surface area contributed by atoms with Gasteiger partial charge >= 0.3 is 0 Å². The highest BCUT2D eigenvalue weighted by atomic mass is 19.1. The number of fused-ring (bicyclic) bond motifs is 1. The second-order valence-corrected chi connectivity index (χ2v) is 4.19. The third-order valence-electron chi connectivity index (χ3n) is 2.98. The minimum atomic E-state index is -0.449. The third-order valence-corrected chi connectivity index (χ3v) is 2.98. The summed E-state index contributed by atoms with van der Waals surface area (Å²) in [5.74, 6) is -0.330. The van der Waals surface area contributed by atoms with Crippen molar-refractivity contribution in [2.45, 2.75) is 0 Å². The van der Waals surface area contributed by atoms with Crippen LogP contribution in [0.15, 0.2) is 48.5 Å². The van der Waals surface area contributed by atoms with Gasteiger partial charge in [-0.15, -0.1) is 0 Å². The van der Waals surface area contributed by atoms with E-state index in [4.69, 9.17) is 0 Å². The van der Waals surface area contributed by atoms with Crippen molar-refractivity contribution in [3.05, 3.63) is 64.5 Å². The van der Waals surface area contributed by atoms with Crippen molar-refractivity contribution in [2.24, 2.45) is 0 Å². The number of aromatic nitrogens is 1. The van der Waals surface area contributed by atoms with Crippen LogP contribution in [0.4, 0.5) is 10.1 Å². The van der Waals surface area contributed by atoms with Crippen molar-refractivity contribution in [3.8, 4) is 11.3 Å². The summed E-state index contributed by atoms with van der Waals surface area (Å²) >= 11 is 0. The first-order valence-corrected chi connectivity index (χ1v) is 5.67. The fourth-order valence-corrected chi connectivity index (χ4v) is 2.06. The third kappa shape index (κ3) is 1.95. The quantitative estimate of drug-likeness (QED) is 0.558. The van der Waals surface area contributed by atoms with Crippen LogP contribution >= 0.6 is 0 Å². The molecule has 0 aliphatic rings. The highest BCUT2D eigenvalue weighted by Crippen LogP contribution is 2.28. The maximum Gasteiger partial charge on any atom is 0.270 e. The Morgan fingerprint density at radius 1 is 1.11 bits per heavy atom. The normalized spacial score (nSPS) is 10.8. The van der Waals surface area contributed by atoms with Gasteiger partial charge in [-0.25, -0.2) is 4.39 Å². The summed E-state index contributed by atoms with van der Waals surface area (Å²) in [6, 6.07) is 12.6. The number of H-pyrrole nitrogens is 1. The van der Waals surface area contributed by atoms with E-state index in [9.17, 15) is 14.5 Å². The molecule has 0 aliphatic carbocycles. The standard InChI is InChI=1S/C14H9FN2O2/c15-12-4-2-1-3-11(12)14-8-9-7-10(17(18)19)5-6-13(9)16-14/h1-8,16H. The topological polar surface area (TPSA) is 58.9 Å². The van der Waals surface area contributed by atoms with Crippen LogP contribution in [0, 0.1) is 15.9 Å². The molecule has 0 fully saturated rings. The van der Waals surface area contributed by atoms with E-state index in [2.05, 4.69) is 4.98 Å². The molecule has 1 aromatic heterocycles. The SMILES string of the molecule is O=[N+]([O-])c1ccc2[nH]c(-c3ccccc3F)cc2c1. The molecule has 1 heterocycles. The predicted octanol–water partition coefficient (Wildman–Crippen LogP) is 3.88. The number of nitro groups is 1. The van der Waals surface area contributed by atoms with Gasteiger partial charge in [0, 0.05) is 34.3 Å². The second-order valence-electron chi connectivity index (χ2n) is 4.19.